The molecule has 1 aromatic carbocycles. The number of carbonyl (C=O) groups excluding carboxylic acids is 2. The number of hydrogen-bond donors (Lipinski definition) is 2. The molecule has 9 heteroatoms. The summed E-state index contributed by atoms with van der Waals surface area (Å²) in [6, 6.07) is 7.72. The second-order valence-electron chi connectivity index (χ2n) is 7.63. The van der Waals surface area contributed by atoms with Crippen molar-refractivity contribution >= 4 is 11.8 Å². The number of nitrogens with one attached hydrogen (secondary N) is 2. The Bertz CT molecular complexity index is 912. The number of benzene rings is 1. The van der Waals surface area contributed by atoms with Crippen molar-refractivity contribution in [1.29, 1.82) is 0 Å². The molecule has 1 saturated heterocycles. The molecule has 2 aliphatic rings. The minimum Gasteiger partial charge on any atom is -0.494 e. The molecule has 0 aliphatic carbocycles. The molecule has 2 N–H and O–H groups in total. The maximum Gasteiger partial charge on any atom is 0.242 e. The average Bonchev–Trinajstić information content (AvgIpc) is 3.30. The van der Waals surface area contributed by atoms with Gasteiger partial charge in [-0.15, -0.1) is 10.2 Å². The number of ether oxygens (including phenoxy) is 1. The summed E-state index contributed by atoms with van der Waals surface area (Å²) in [5, 5.41) is 14.2. The lowest BCUT2D eigenvalue weighted by Crippen LogP contribution is -2.41. The second-order valence-corrected chi connectivity index (χ2v) is 7.63. The van der Waals surface area contributed by atoms with Gasteiger partial charge in [-0.2, -0.15) is 0 Å². The number of para-hydroxylation sites is 1. The third-order valence-corrected chi connectivity index (χ3v) is 5.59. The summed E-state index contributed by atoms with van der Waals surface area (Å²) in [5.41, 5.74) is 1.18. The highest BCUT2D eigenvalue weighted by atomic mass is 16.5. The summed E-state index contributed by atoms with van der Waals surface area (Å²) < 4.78 is 7.86. The van der Waals surface area contributed by atoms with Gasteiger partial charge in [0.1, 0.15) is 17.6 Å². The van der Waals surface area contributed by atoms with Crippen LogP contribution in [0.15, 0.2) is 24.3 Å². The Labute approximate surface area is 175 Å². The first-order valence-electron chi connectivity index (χ1n) is 10.5. The van der Waals surface area contributed by atoms with Crippen LogP contribution in [0.4, 0.5) is 0 Å². The van der Waals surface area contributed by atoms with Crippen molar-refractivity contribution in [2.24, 2.45) is 0 Å². The van der Waals surface area contributed by atoms with Crippen molar-refractivity contribution in [3.63, 3.8) is 0 Å². The number of carbonyl (C=O) groups is 2. The maximum atomic E-state index is 12.3. The lowest BCUT2D eigenvalue weighted by molar-refractivity contribution is -0.125. The van der Waals surface area contributed by atoms with E-state index in [4.69, 9.17) is 4.74 Å². The molecule has 3 heterocycles. The smallest absolute Gasteiger partial charge is 0.242 e. The number of nitrogens with zero attached hydrogens (tertiary/aromatic N) is 4. The number of hydrogen-bond acceptors (Lipinski definition) is 6. The number of fused-ring (bicyclic) bond motifs is 1. The van der Waals surface area contributed by atoms with Gasteiger partial charge >= 0.3 is 0 Å². The van der Waals surface area contributed by atoms with E-state index in [1.165, 1.54) is 5.56 Å². The quantitative estimate of drug-likeness (QED) is 0.692. The van der Waals surface area contributed by atoms with Crippen LogP contribution in [0.2, 0.25) is 0 Å². The molecule has 160 valence electrons. The second kappa shape index (κ2) is 9.25. The van der Waals surface area contributed by atoms with Gasteiger partial charge in [-0.1, -0.05) is 18.2 Å². The molecular formula is C21H28N6O3. The Morgan fingerprint density at radius 1 is 1.23 bits per heavy atom. The summed E-state index contributed by atoms with van der Waals surface area (Å²) in [5.74, 6) is 2.39. The Balaban J connectivity index is 1.35. The molecule has 4 rings (SSSR count). The third kappa shape index (κ3) is 4.62. The van der Waals surface area contributed by atoms with Crippen molar-refractivity contribution in [2.75, 3.05) is 19.7 Å². The first kappa shape index (κ1) is 20.3. The molecule has 0 bridgehead atoms. The Morgan fingerprint density at radius 3 is 2.90 bits per heavy atom. The minimum atomic E-state index is -0.440. The zero-order chi connectivity index (χ0) is 20.9. The Kier molecular flexibility index (Phi) is 6.27. The van der Waals surface area contributed by atoms with Crippen molar-refractivity contribution in [3.05, 3.63) is 41.5 Å². The summed E-state index contributed by atoms with van der Waals surface area (Å²) >= 11 is 0. The van der Waals surface area contributed by atoms with Crippen molar-refractivity contribution < 1.29 is 14.3 Å². The first-order chi connectivity index (χ1) is 14.6. The van der Waals surface area contributed by atoms with E-state index >= 15 is 0 Å². The van der Waals surface area contributed by atoms with Gasteiger partial charge in [0.2, 0.25) is 11.8 Å². The zero-order valence-electron chi connectivity index (χ0n) is 17.3. The van der Waals surface area contributed by atoms with Gasteiger partial charge in [-0.3, -0.25) is 14.5 Å². The SMILES string of the molecule is CCOc1ccccc1CN1CCc2nnc(CNC(=O)C3CCC(=O)N3)n2CC1. The molecule has 2 aromatic rings. The largest absolute Gasteiger partial charge is 0.494 e. The van der Waals surface area contributed by atoms with Crippen LogP contribution >= 0.6 is 0 Å². The molecule has 2 amide bonds. The van der Waals surface area contributed by atoms with Crippen LogP contribution in [0.3, 0.4) is 0 Å². The fraction of sp³-hybridized carbons (Fsp3) is 0.524. The van der Waals surface area contributed by atoms with Crippen molar-refractivity contribution in [3.8, 4) is 5.75 Å². The first-order valence-corrected chi connectivity index (χ1v) is 10.5. The van der Waals surface area contributed by atoms with E-state index in [2.05, 4.69) is 36.4 Å². The predicted octanol–water partition coefficient (Wildman–Crippen LogP) is 0.630. The summed E-state index contributed by atoms with van der Waals surface area (Å²) in [6.45, 7) is 6.30. The van der Waals surface area contributed by atoms with Gasteiger partial charge in [0.25, 0.3) is 0 Å². The van der Waals surface area contributed by atoms with Crippen LogP contribution in [-0.4, -0.2) is 57.2 Å². The molecule has 30 heavy (non-hydrogen) atoms. The summed E-state index contributed by atoms with van der Waals surface area (Å²) in [6.07, 6.45) is 1.75. The number of amides is 2. The Hall–Kier alpha value is -2.94. The van der Waals surface area contributed by atoms with E-state index < -0.39 is 6.04 Å². The highest BCUT2D eigenvalue weighted by Gasteiger charge is 2.27. The van der Waals surface area contributed by atoms with Crippen LogP contribution in [0.25, 0.3) is 0 Å². The van der Waals surface area contributed by atoms with E-state index in [1.54, 1.807) is 0 Å². The lowest BCUT2D eigenvalue weighted by atomic mass is 10.2. The average molecular weight is 412 g/mol. The van der Waals surface area contributed by atoms with Gasteiger partial charge in [-0.05, 0) is 19.4 Å². The monoisotopic (exact) mass is 412 g/mol. The summed E-state index contributed by atoms with van der Waals surface area (Å²) in [4.78, 5) is 26.0. The van der Waals surface area contributed by atoms with E-state index in [0.29, 0.717) is 26.0 Å². The highest BCUT2D eigenvalue weighted by Crippen LogP contribution is 2.21. The molecule has 9 nitrogen and oxygen atoms in total. The van der Waals surface area contributed by atoms with Crippen LogP contribution in [0.5, 0.6) is 5.75 Å². The highest BCUT2D eigenvalue weighted by molar-refractivity contribution is 5.90. The van der Waals surface area contributed by atoms with E-state index in [0.717, 1.165) is 50.0 Å². The van der Waals surface area contributed by atoms with Crippen LogP contribution < -0.4 is 15.4 Å². The Morgan fingerprint density at radius 2 is 2.10 bits per heavy atom. The molecule has 0 radical (unpaired) electrons. The van der Waals surface area contributed by atoms with Crippen molar-refractivity contribution in [2.45, 2.75) is 51.9 Å². The molecule has 1 aromatic heterocycles. The minimum absolute atomic E-state index is 0.0718. The normalized spacial score (nSPS) is 19.1. The van der Waals surface area contributed by atoms with E-state index in [-0.39, 0.29) is 11.8 Å². The topological polar surface area (TPSA) is 101 Å². The van der Waals surface area contributed by atoms with Gasteiger partial charge in [0, 0.05) is 44.6 Å². The molecule has 0 spiro atoms. The third-order valence-electron chi connectivity index (χ3n) is 5.59. The standard InChI is InChI=1S/C21H28N6O3/c1-2-30-17-6-4-3-5-15(17)14-26-10-9-18-24-25-19(27(18)12-11-26)13-22-21(29)16-7-8-20(28)23-16/h3-6,16H,2,7-14H2,1H3,(H,22,29)(H,23,28). The van der Waals surface area contributed by atoms with Crippen LogP contribution in [0, 0.1) is 0 Å². The van der Waals surface area contributed by atoms with Gasteiger partial charge in [-0.25, -0.2) is 0 Å². The molecule has 2 aliphatic heterocycles. The lowest BCUT2D eigenvalue weighted by Gasteiger charge is -2.21. The number of aromatic nitrogens is 3. The summed E-state index contributed by atoms with van der Waals surface area (Å²) in [7, 11) is 0. The molecule has 1 unspecified atom stereocenters. The van der Waals surface area contributed by atoms with Crippen molar-refractivity contribution in [1.82, 2.24) is 30.3 Å². The fourth-order valence-corrected chi connectivity index (χ4v) is 3.99. The van der Waals surface area contributed by atoms with Crippen LogP contribution in [0.1, 0.15) is 37.0 Å². The maximum absolute atomic E-state index is 12.3. The number of rotatable bonds is 7. The van der Waals surface area contributed by atoms with Gasteiger partial charge in [0.15, 0.2) is 5.82 Å². The molecule has 1 fully saturated rings. The van der Waals surface area contributed by atoms with E-state index in [9.17, 15) is 9.59 Å². The van der Waals surface area contributed by atoms with E-state index in [1.807, 2.05) is 25.1 Å². The fourth-order valence-electron chi connectivity index (χ4n) is 3.99. The predicted molar refractivity (Wildman–Crippen MR) is 110 cm³/mol. The zero-order valence-corrected chi connectivity index (χ0v) is 17.3. The molecule has 1 atom stereocenters. The molecular weight excluding hydrogens is 384 g/mol. The van der Waals surface area contributed by atoms with Crippen LogP contribution in [-0.2, 0) is 35.6 Å². The molecule has 0 saturated carbocycles. The van der Waals surface area contributed by atoms with Gasteiger partial charge < -0.3 is 19.9 Å². The van der Waals surface area contributed by atoms with Gasteiger partial charge in [0.05, 0.1) is 13.2 Å².